The molecule has 0 saturated carbocycles. The van der Waals surface area contributed by atoms with Crippen molar-refractivity contribution in [3.63, 3.8) is 0 Å². The third-order valence-electron chi connectivity index (χ3n) is 4.38. The number of nitrogens with zero attached hydrogens (tertiary/aromatic N) is 2. The monoisotopic (exact) mass is 291 g/mol. The lowest BCUT2D eigenvalue weighted by molar-refractivity contribution is 0.298. The first-order valence-corrected chi connectivity index (χ1v) is 8.50. The van der Waals surface area contributed by atoms with E-state index in [1.807, 2.05) is 0 Å². The molecular formula is C16H25N3S. The third kappa shape index (κ3) is 2.51. The zero-order chi connectivity index (χ0) is 14.3. The van der Waals surface area contributed by atoms with E-state index in [9.17, 15) is 0 Å². The number of aromatic nitrogens is 2. The highest BCUT2D eigenvalue weighted by Gasteiger charge is 2.35. The Morgan fingerprint density at radius 3 is 2.90 bits per heavy atom. The summed E-state index contributed by atoms with van der Waals surface area (Å²) in [6.07, 6.45) is 7.20. The summed E-state index contributed by atoms with van der Waals surface area (Å²) in [7, 11) is 0. The zero-order valence-corrected chi connectivity index (χ0v) is 13.8. The average Bonchev–Trinajstić information content (AvgIpc) is 2.98. The summed E-state index contributed by atoms with van der Waals surface area (Å²) in [5, 5.41) is 3.80. The van der Waals surface area contributed by atoms with Crippen molar-refractivity contribution in [2.75, 3.05) is 6.54 Å². The lowest BCUT2D eigenvalue weighted by Gasteiger charge is -2.31. The van der Waals surface area contributed by atoms with Crippen LogP contribution in [0.3, 0.4) is 0 Å². The van der Waals surface area contributed by atoms with Gasteiger partial charge in [0, 0.05) is 28.7 Å². The molecule has 3 heterocycles. The van der Waals surface area contributed by atoms with Crippen LogP contribution in [0.1, 0.15) is 49.4 Å². The van der Waals surface area contributed by atoms with Crippen LogP contribution in [-0.4, -0.2) is 21.5 Å². The molecular weight excluding hydrogens is 266 g/mol. The summed E-state index contributed by atoms with van der Waals surface area (Å²) in [4.78, 5) is 7.22. The molecule has 20 heavy (non-hydrogen) atoms. The lowest BCUT2D eigenvalue weighted by Crippen LogP contribution is -2.43. The molecule has 1 fully saturated rings. The molecule has 0 aliphatic carbocycles. The minimum atomic E-state index is 0.282. The molecule has 0 spiro atoms. The number of thiazole rings is 1. The maximum absolute atomic E-state index is 4.74. The van der Waals surface area contributed by atoms with Gasteiger partial charge < -0.3 is 5.32 Å². The van der Waals surface area contributed by atoms with Gasteiger partial charge >= 0.3 is 0 Å². The number of imidazole rings is 1. The highest BCUT2D eigenvalue weighted by atomic mass is 32.1. The molecule has 0 bridgehead atoms. The van der Waals surface area contributed by atoms with E-state index < -0.39 is 0 Å². The average molecular weight is 291 g/mol. The molecule has 2 aromatic heterocycles. The van der Waals surface area contributed by atoms with Gasteiger partial charge in [0.1, 0.15) is 0 Å². The van der Waals surface area contributed by atoms with Crippen LogP contribution in [0, 0.1) is 19.8 Å². The summed E-state index contributed by atoms with van der Waals surface area (Å²) in [6.45, 7) is 10.1. The number of hydrogen-bond acceptors (Lipinski definition) is 3. The maximum atomic E-state index is 4.74. The molecule has 0 radical (unpaired) electrons. The SMILES string of the molecule is Cc1cn2c(CC3(CC(C)C)CCCN3)c(C)nc2s1. The lowest BCUT2D eigenvalue weighted by atomic mass is 9.83. The Kier molecular flexibility index (Phi) is 3.63. The van der Waals surface area contributed by atoms with E-state index in [-0.39, 0.29) is 5.54 Å². The Labute approximate surface area is 125 Å². The van der Waals surface area contributed by atoms with Crippen LogP contribution in [0.5, 0.6) is 0 Å². The normalized spacial score (nSPS) is 23.2. The van der Waals surface area contributed by atoms with Crippen molar-refractivity contribution in [1.29, 1.82) is 0 Å². The van der Waals surface area contributed by atoms with Crippen LogP contribution in [-0.2, 0) is 6.42 Å². The first kappa shape index (κ1) is 14.1. The van der Waals surface area contributed by atoms with Crippen molar-refractivity contribution in [1.82, 2.24) is 14.7 Å². The second-order valence-electron chi connectivity index (χ2n) is 6.72. The van der Waals surface area contributed by atoms with Gasteiger partial charge in [-0.15, -0.1) is 11.3 Å². The maximum Gasteiger partial charge on any atom is 0.194 e. The van der Waals surface area contributed by atoms with Gasteiger partial charge in [-0.2, -0.15) is 0 Å². The van der Waals surface area contributed by atoms with E-state index in [0.717, 1.165) is 23.8 Å². The predicted molar refractivity (Wildman–Crippen MR) is 85.7 cm³/mol. The Morgan fingerprint density at radius 1 is 1.45 bits per heavy atom. The summed E-state index contributed by atoms with van der Waals surface area (Å²) < 4.78 is 2.32. The van der Waals surface area contributed by atoms with E-state index in [1.165, 1.54) is 35.5 Å². The van der Waals surface area contributed by atoms with Crippen molar-refractivity contribution in [2.45, 2.75) is 58.9 Å². The van der Waals surface area contributed by atoms with E-state index in [1.54, 1.807) is 11.3 Å². The van der Waals surface area contributed by atoms with Crippen LogP contribution in [0.2, 0.25) is 0 Å². The Bertz CT molecular complexity index is 603. The third-order valence-corrected chi connectivity index (χ3v) is 5.28. The Morgan fingerprint density at radius 2 is 2.25 bits per heavy atom. The summed E-state index contributed by atoms with van der Waals surface area (Å²) >= 11 is 1.79. The highest BCUT2D eigenvalue weighted by molar-refractivity contribution is 7.17. The van der Waals surface area contributed by atoms with Crippen molar-refractivity contribution < 1.29 is 0 Å². The molecule has 1 unspecified atom stereocenters. The minimum Gasteiger partial charge on any atom is -0.311 e. The van der Waals surface area contributed by atoms with Gasteiger partial charge in [0.2, 0.25) is 0 Å². The van der Waals surface area contributed by atoms with Gasteiger partial charge in [-0.05, 0) is 45.6 Å². The van der Waals surface area contributed by atoms with E-state index in [2.05, 4.69) is 43.6 Å². The molecule has 2 aromatic rings. The van der Waals surface area contributed by atoms with E-state index in [4.69, 9.17) is 4.98 Å². The molecule has 0 amide bonds. The number of hydrogen-bond donors (Lipinski definition) is 1. The molecule has 1 aliphatic rings. The highest BCUT2D eigenvalue weighted by Crippen LogP contribution is 2.32. The fourth-order valence-corrected chi connectivity index (χ4v) is 4.58. The number of rotatable bonds is 4. The Hall–Kier alpha value is -0.870. The van der Waals surface area contributed by atoms with Crippen LogP contribution in [0.15, 0.2) is 6.20 Å². The largest absolute Gasteiger partial charge is 0.311 e. The van der Waals surface area contributed by atoms with Crippen LogP contribution < -0.4 is 5.32 Å². The predicted octanol–water partition coefficient (Wildman–Crippen LogP) is 3.72. The van der Waals surface area contributed by atoms with E-state index in [0.29, 0.717) is 0 Å². The number of nitrogens with one attached hydrogen (secondary N) is 1. The second kappa shape index (κ2) is 5.15. The summed E-state index contributed by atoms with van der Waals surface area (Å²) in [5.41, 5.74) is 2.89. The molecule has 0 aromatic carbocycles. The first-order chi connectivity index (χ1) is 9.49. The van der Waals surface area contributed by atoms with Crippen molar-refractivity contribution in [2.24, 2.45) is 5.92 Å². The van der Waals surface area contributed by atoms with Crippen LogP contribution >= 0.6 is 11.3 Å². The van der Waals surface area contributed by atoms with Crippen molar-refractivity contribution in [3.05, 3.63) is 22.5 Å². The van der Waals surface area contributed by atoms with Gasteiger partial charge in [0.15, 0.2) is 4.96 Å². The number of fused-ring (bicyclic) bond motifs is 1. The smallest absolute Gasteiger partial charge is 0.194 e. The summed E-state index contributed by atoms with van der Waals surface area (Å²) in [6, 6.07) is 0. The molecule has 3 rings (SSSR count). The molecule has 4 heteroatoms. The van der Waals surface area contributed by atoms with Gasteiger partial charge in [0.05, 0.1) is 5.69 Å². The fourth-order valence-electron chi connectivity index (χ4n) is 3.69. The van der Waals surface area contributed by atoms with Crippen LogP contribution in [0.4, 0.5) is 0 Å². The number of aryl methyl sites for hydroxylation is 2. The van der Waals surface area contributed by atoms with Gasteiger partial charge in [-0.25, -0.2) is 4.98 Å². The zero-order valence-electron chi connectivity index (χ0n) is 13.0. The van der Waals surface area contributed by atoms with Crippen molar-refractivity contribution >= 4 is 16.3 Å². The molecule has 1 atom stereocenters. The minimum absolute atomic E-state index is 0.282. The van der Waals surface area contributed by atoms with Gasteiger partial charge in [0.25, 0.3) is 0 Å². The first-order valence-electron chi connectivity index (χ1n) is 7.68. The van der Waals surface area contributed by atoms with E-state index >= 15 is 0 Å². The van der Waals surface area contributed by atoms with Gasteiger partial charge in [-0.3, -0.25) is 4.40 Å². The van der Waals surface area contributed by atoms with Crippen LogP contribution in [0.25, 0.3) is 4.96 Å². The molecule has 1 aliphatic heterocycles. The molecule has 3 nitrogen and oxygen atoms in total. The molecule has 1 N–H and O–H groups in total. The standard InChI is InChI=1S/C16H25N3S/c1-11(2)8-16(6-5-7-17-16)9-14-13(4)18-15-19(14)10-12(3)20-15/h10-11,17H,5-9H2,1-4H3. The second-order valence-corrected chi connectivity index (χ2v) is 7.94. The fraction of sp³-hybridized carbons (Fsp3) is 0.688. The van der Waals surface area contributed by atoms with Crippen molar-refractivity contribution in [3.8, 4) is 0 Å². The summed E-state index contributed by atoms with van der Waals surface area (Å²) in [5.74, 6) is 0.730. The Balaban J connectivity index is 1.95. The quantitative estimate of drug-likeness (QED) is 0.930. The van der Waals surface area contributed by atoms with Gasteiger partial charge in [-0.1, -0.05) is 13.8 Å². The molecule has 1 saturated heterocycles. The molecule has 110 valence electrons. The topological polar surface area (TPSA) is 29.3 Å².